The molecule has 0 spiro atoms. The molecule has 0 atom stereocenters. The van der Waals surface area contributed by atoms with E-state index in [1.54, 1.807) is 7.05 Å². The highest BCUT2D eigenvalue weighted by atomic mass is 32.2. The fourth-order valence-corrected chi connectivity index (χ4v) is 2.95. The van der Waals surface area contributed by atoms with Crippen LogP contribution in [0.2, 0.25) is 0 Å². The number of benzene rings is 1. The summed E-state index contributed by atoms with van der Waals surface area (Å²) in [5.41, 5.74) is 2.07. The SMILES string of the molecule is CN=C(NCCCNS(C)(=O)=O)N(C)Cc1ncc(-c2ccccc2)[nH]1. The van der Waals surface area contributed by atoms with Gasteiger partial charge >= 0.3 is 0 Å². The largest absolute Gasteiger partial charge is 0.356 e. The van der Waals surface area contributed by atoms with Gasteiger partial charge in [0, 0.05) is 27.2 Å². The molecular weight excluding hydrogens is 352 g/mol. The smallest absolute Gasteiger partial charge is 0.208 e. The monoisotopic (exact) mass is 378 g/mol. The Kier molecular flexibility index (Phi) is 7.16. The molecule has 0 saturated carbocycles. The van der Waals surface area contributed by atoms with E-state index in [0.29, 0.717) is 26.1 Å². The summed E-state index contributed by atoms with van der Waals surface area (Å²) < 4.78 is 24.5. The Bertz CT molecular complexity index is 817. The van der Waals surface area contributed by atoms with Crippen molar-refractivity contribution in [2.24, 2.45) is 4.99 Å². The van der Waals surface area contributed by atoms with Gasteiger partial charge in [0.05, 0.1) is 24.7 Å². The van der Waals surface area contributed by atoms with E-state index in [9.17, 15) is 8.42 Å². The van der Waals surface area contributed by atoms with Crippen LogP contribution in [0, 0.1) is 0 Å². The molecule has 0 saturated heterocycles. The number of aromatic amines is 1. The normalized spacial score (nSPS) is 12.2. The van der Waals surface area contributed by atoms with Crippen LogP contribution in [0.4, 0.5) is 0 Å². The summed E-state index contributed by atoms with van der Waals surface area (Å²) >= 11 is 0. The minimum absolute atomic E-state index is 0.394. The zero-order valence-corrected chi connectivity index (χ0v) is 16.2. The lowest BCUT2D eigenvalue weighted by atomic mass is 10.2. The molecule has 142 valence electrons. The average Bonchev–Trinajstić information content (AvgIpc) is 3.06. The Morgan fingerprint density at radius 1 is 1.27 bits per heavy atom. The van der Waals surface area contributed by atoms with Crippen molar-refractivity contribution in [3.63, 3.8) is 0 Å². The highest BCUT2D eigenvalue weighted by Crippen LogP contribution is 2.16. The van der Waals surface area contributed by atoms with Crippen molar-refractivity contribution in [2.45, 2.75) is 13.0 Å². The summed E-state index contributed by atoms with van der Waals surface area (Å²) in [4.78, 5) is 14.0. The number of H-pyrrole nitrogens is 1. The van der Waals surface area contributed by atoms with Gasteiger partial charge in [-0.05, 0) is 12.0 Å². The molecule has 0 bridgehead atoms. The predicted molar refractivity (Wildman–Crippen MR) is 104 cm³/mol. The van der Waals surface area contributed by atoms with Gasteiger partial charge in [0.1, 0.15) is 5.82 Å². The number of aliphatic imine (C=N–C) groups is 1. The van der Waals surface area contributed by atoms with Gasteiger partial charge in [-0.15, -0.1) is 0 Å². The molecule has 3 N–H and O–H groups in total. The van der Waals surface area contributed by atoms with Crippen LogP contribution in [0.25, 0.3) is 11.3 Å². The molecule has 0 aliphatic rings. The van der Waals surface area contributed by atoms with Gasteiger partial charge in [0.2, 0.25) is 10.0 Å². The Balaban J connectivity index is 1.83. The van der Waals surface area contributed by atoms with Crippen LogP contribution in [0.5, 0.6) is 0 Å². The summed E-state index contributed by atoms with van der Waals surface area (Å²) in [5, 5.41) is 3.21. The third-order valence-electron chi connectivity index (χ3n) is 3.67. The summed E-state index contributed by atoms with van der Waals surface area (Å²) in [7, 11) is 0.500. The van der Waals surface area contributed by atoms with Gasteiger partial charge < -0.3 is 15.2 Å². The fraction of sp³-hybridized carbons (Fsp3) is 0.412. The Morgan fingerprint density at radius 2 is 2.00 bits per heavy atom. The molecule has 1 aromatic heterocycles. The number of guanidine groups is 1. The van der Waals surface area contributed by atoms with Crippen molar-refractivity contribution >= 4 is 16.0 Å². The number of nitrogens with one attached hydrogen (secondary N) is 3. The maximum absolute atomic E-state index is 11.0. The first kappa shape index (κ1) is 19.9. The molecular formula is C17H26N6O2S. The number of aromatic nitrogens is 2. The number of hydrogen-bond acceptors (Lipinski definition) is 4. The van der Waals surface area contributed by atoms with Crippen molar-refractivity contribution in [3.05, 3.63) is 42.4 Å². The van der Waals surface area contributed by atoms with Gasteiger partial charge in [0.25, 0.3) is 0 Å². The standard InChI is InChI=1S/C17H26N6O2S/c1-18-17(19-10-7-11-21-26(3,24)25)23(2)13-16-20-12-15(22-16)14-8-5-4-6-9-14/h4-6,8-9,12,21H,7,10-11,13H2,1-3H3,(H,18,19)(H,20,22). The van der Waals surface area contributed by atoms with Crippen LogP contribution < -0.4 is 10.0 Å². The fourth-order valence-electron chi connectivity index (χ4n) is 2.44. The zero-order valence-electron chi connectivity index (χ0n) is 15.4. The Labute approximate surface area is 154 Å². The van der Waals surface area contributed by atoms with Gasteiger partial charge in [0.15, 0.2) is 5.96 Å². The van der Waals surface area contributed by atoms with Crippen molar-refractivity contribution in [3.8, 4) is 11.3 Å². The third kappa shape index (κ3) is 6.49. The lowest BCUT2D eigenvalue weighted by Gasteiger charge is -2.21. The lowest BCUT2D eigenvalue weighted by Crippen LogP contribution is -2.39. The summed E-state index contributed by atoms with van der Waals surface area (Å²) in [6.07, 6.45) is 3.64. The number of rotatable bonds is 8. The lowest BCUT2D eigenvalue weighted by molar-refractivity contribution is 0.463. The van der Waals surface area contributed by atoms with Crippen LogP contribution in [-0.4, -0.2) is 62.7 Å². The molecule has 0 fully saturated rings. The molecule has 26 heavy (non-hydrogen) atoms. The molecule has 0 aliphatic carbocycles. The number of imidazole rings is 1. The van der Waals surface area contributed by atoms with Crippen molar-refractivity contribution < 1.29 is 8.42 Å². The van der Waals surface area contributed by atoms with Crippen LogP contribution in [-0.2, 0) is 16.6 Å². The summed E-state index contributed by atoms with van der Waals surface area (Å²) in [6.45, 7) is 1.59. The number of nitrogens with zero attached hydrogens (tertiary/aromatic N) is 3. The van der Waals surface area contributed by atoms with E-state index in [-0.39, 0.29) is 0 Å². The second-order valence-electron chi connectivity index (χ2n) is 5.96. The van der Waals surface area contributed by atoms with Gasteiger partial charge in [-0.1, -0.05) is 30.3 Å². The molecule has 8 nitrogen and oxygen atoms in total. The molecule has 0 radical (unpaired) electrons. The van der Waals surface area contributed by atoms with E-state index in [1.807, 2.05) is 48.5 Å². The quantitative estimate of drug-likeness (QED) is 0.362. The first-order valence-corrected chi connectivity index (χ1v) is 10.2. The van der Waals surface area contributed by atoms with Crippen LogP contribution in [0.3, 0.4) is 0 Å². The first-order chi connectivity index (χ1) is 12.4. The molecule has 1 aromatic carbocycles. The van der Waals surface area contributed by atoms with Gasteiger partial charge in [-0.3, -0.25) is 4.99 Å². The van der Waals surface area contributed by atoms with Gasteiger partial charge in [-0.25, -0.2) is 18.1 Å². The molecule has 0 amide bonds. The van der Waals surface area contributed by atoms with Crippen molar-refractivity contribution in [1.29, 1.82) is 0 Å². The van der Waals surface area contributed by atoms with Crippen LogP contribution in [0.1, 0.15) is 12.2 Å². The maximum atomic E-state index is 11.0. The second-order valence-corrected chi connectivity index (χ2v) is 7.79. The number of sulfonamides is 1. The molecule has 9 heteroatoms. The molecule has 1 heterocycles. The molecule has 2 aromatic rings. The second kappa shape index (κ2) is 9.35. The minimum atomic E-state index is -3.14. The molecule has 0 aliphatic heterocycles. The summed E-state index contributed by atoms with van der Waals surface area (Å²) in [5.74, 6) is 1.56. The summed E-state index contributed by atoms with van der Waals surface area (Å²) in [6, 6.07) is 10.0. The topological polar surface area (TPSA) is 102 Å². The highest BCUT2D eigenvalue weighted by molar-refractivity contribution is 7.88. The predicted octanol–water partition coefficient (Wildman–Crippen LogP) is 1.02. The van der Waals surface area contributed by atoms with Crippen LogP contribution in [0.15, 0.2) is 41.5 Å². The third-order valence-corrected chi connectivity index (χ3v) is 4.40. The Hall–Kier alpha value is -2.39. The number of hydrogen-bond donors (Lipinski definition) is 3. The Morgan fingerprint density at radius 3 is 2.65 bits per heavy atom. The minimum Gasteiger partial charge on any atom is -0.356 e. The van der Waals surface area contributed by atoms with E-state index < -0.39 is 10.0 Å². The van der Waals surface area contributed by atoms with E-state index in [2.05, 4.69) is 25.0 Å². The maximum Gasteiger partial charge on any atom is 0.208 e. The van der Waals surface area contributed by atoms with Gasteiger partial charge in [-0.2, -0.15) is 0 Å². The van der Waals surface area contributed by atoms with Crippen molar-refractivity contribution in [1.82, 2.24) is 24.9 Å². The van der Waals surface area contributed by atoms with E-state index in [0.717, 1.165) is 29.3 Å². The zero-order chi connectivity index (χ0) is 19.0. The van der Waals surface area contributed by atoms with E-state index >= 15 is 0 Å². The average molecular weight is 379 g/mol. The van der Waals surface area contributed by atoms with Crippen LogP contribution >= 0.6 is 0 Å². The van der Waals surface area contributed by atoms with Crippen molar-refractivity contribution in [2.75, 3.05) is 33.4 Å². The van der Waals surface area contributed by atoms with E-state index in [4.69, 9.17) is 0 Å². The first-order valence-electron chi connectivity index (χ1n) is 8.35. The molecule has 2 rings (SSSR count). The highest BCUT2D eigenvalue weighted by Gasteiger charge is 2.09. The molecule has 0 unspecified atom stereocenters. The van der Waals surface area contributed by atoms with E-state index in [1.165, 1.54) is 0 Å².